The van der Waals surface area contributed by atoms with Crippen LogP contribution in [0, 0.1) is 0 Å². The molecule has 0 aliphatic heterocycles. The standard InChI is InChI=1S/C15H25O4P/c1-4-6-12-18-20(16,13-7-5-2)19-15-10-8-14(17-3)9-11-15/h8-11H,4-7,12-13H2,1-3H3. The number of benzene rings is 1. The van der Waals surface area contributed by atoms with Crippen molar-refractivity contribution in [3.63, 3.8) is 0 Å². The van der Waals surface area contributed by atoms with Gasteiger partial charge in [-0.05, 0) is 37.1 Å². The summed E-state index contributed by atoms with van der Waals surface area (Å²) in [5.41, 5.74) is 0. The topological polar surface area (TPSA) is 44.8 Å². The lowest BCUT2D eigenvalue weighted by Crippen LogP contribution is -2.04. The zero-order valence-corrected chi connectivity index (χ0v) is 13.5. The Balaban J connectivity index is 2.68. The molecule has 0 spiro atoms. The van der Waals surface area contributed by atoms with Crippen LogP contribution in [0.1, 0.15) is 39.5 Å². The van der Waals surface area contributed by atoms with Crippen LogP contribution in [-0.4, -0.2) is 19.9 Å². The van der Waals surface area contributed by atoms with Crippen molar-refractivity contribution in [1.82, 2.24) is 0 Å². The third-order valence-corrected chi connectivity index (χ3v) is 4.80. The van der Waals surface area contributed by atoms with Gasteiger partial charge in [-0.1, -0.05) is 26.7 Å². The van der Waals surface area contributed by atoms with Crippen molar-refractivity contribution in [1.29, 1.82) is 0 Å². The Bertz CT molecular complexity index is 416. The molecule has 0 bridgehead atoms. The fourth-order valence-electron chi connectivity index (χ4n) is 1.63. The minimum atomic E-state index is -3.05. The van der Waals surface area contributed by atoms with Gasteiger partial charge in [0.05, 0.1) is 19.9 Å². The first-order valence-electron chi connectivity index (χ1n) is 7.20. The summed E-state index contributed by atoms with van der Waals surface area (Å²) in [5.74, 6) is 1.30. The lowest BCUT2D eigenvalue weighted by Gasteiger charge is -2.19. The van der Waals surface area contributed by atoms with E-state index in [1.165, 1.54) is 0 Å². The van der Waals surface area contributed by atoms with E-state index in [2.05, 4.69) is 13.8 Å². The van der Waals surface area contributed by atoms with Gasteiger partial charge >= 0.3 is 7.60 Å². The second kappa shape index (κ2) is 9.04. The van der Waals surface area contributed by atoms with Crippen LogP contribution in [0.15, 0.2) is 24.3 Å². The molecule has 1 unspecified atom stereocenters. The summed E-state index contributed by atoms with van der Waals surface area (Å²) in [4.78, 5) is 0. The monoisotopic (exact) mass is 300 g/mol. The highest BCUT2D eigenvalue weighted by Gasteiger charge is 2.25. The highest BCUT2D eigenvalue weighted by molar-refractivity contribution is 7.54. The maximum atomic E-state index is 12.7. The molecule has 0 N–H and O–H groups in total. The molecule has 0 saturated heterocycles. The average Bonchev–Trinajstić information content (AvgIpc) is 2.46. The number of unbranched alkanes of at least 4 members (excludes halogenated alkanes) is 2. The minimum absolute atomic E-state index is 0.458. The van der Waals surface area contributed by atoms with Gasteiger partial charge < -0.3 is 9.26 Å². The number of methoxy groups -OCH3 is 1. The Morgan fingerprint density at radius 3 is 2.15 bits per heavy atom. The molecule has 0 aromatic heterocycles. The second-order valence-corrected chi connectivity index (χ2v) is 6.75. The molecule has 20 heavy (non-hydrogen) atoms. The van der Waals surface area contributed by atoms with Crippen molar-refractivity contribution in [2.75, 3.05) is 19.9 Å². The van der Waals surface area contributed by atoms with E-state index in [9.17, 15) is 4.57 Å². The first kappa shape index (κ1) is 17.1. The molecule has 0 saturated carbocycles. The molecule has 0 aliphatic carbocycles. The van der Waals surface area contributed by atoms with Crippen LogP contribution in [0.5, 0.6) is 11.5 Å². The highest BCUT2D eigenvalue weighted by Crippen LogP contribution is 2.49. The fraction of sp³-hybridized carbons (Fsp3) is 0.600. The van der Waals surface area contributed by atoms with Crippen molar-refractivity contribution >= 4 is 7.60 Å². The molecule has 0 radical (unpaired) electrons. The minimum Gasteiger partial charge on any atom is -0.497 e. The summed E-state index contributed by atoms with van der Waals surface area (Å²) in [6, 6.07) is 7.07. The van der Waals surface area contributed by atoms with Gasteiger partial charge in [-0.15, -0.1) is 0 Å². The van der Waals surface area contributed by atoms with E-state index in [1.807, 2.05) is 0 Å². The van der Waals surface area contributed by atoms with Gasteiger partial charge in [0.2, 0.25) is 0 Å². The third kappa shape index (κ3) is 5.98. The molecular weight excluding hydrogens is 275 g/mol. The molecule has 4 nitrogen and oxygen atoms in total. The molecule has 5 heteroatoms. The van der Waals surface area contributed by atoms with Crippen molar-refractivity contribution < 1.29 is 18.3 Å². The summed E-state index contributed by atoms with van der Waals surface area (Å²) in [5, 5.41) is 0. The predicted molar refractivity (Wildman–Crippen MR) is 81.9 cm³/mol. The lowest BCUT2D eigenvalue weighted by atomic mass is 10.3. The van der Waals surface area contributed by atoms with Crippen LogP contribution in [-0.2, 0) is 9.09 Å². The molecule has 1 aromatic rings. The molecule has 114 valence electrons. The number of ether oxygens (including phenoxy) is 1. The van der Waals surface area contributed by atoms with Crippen molar-refractivity contribution in [3.05, 3.63) is 24.3 Å². The van der Waals surface area contributed by atoms with Crippen LogP contribution in [0.2, 0.25) is 0 Å². The number of rotatable bonds is 10. The molecule has 0 fully saturated rings. The first-order chi connectivity index (χ1) is 9.63. The van der Waals surface area contributed by atoms with E-state index in [-0.39, 0.29) is 0 Å². The Morgan fingerprint density at radius 2 is 1.60 bits per heavy atom. The summed E-state index contributed by atoms with van der Waals surface area (Å²) in [6.07, 6.45) is 4.16. The Kier molecular flexibility index (Phi) is 7.71. The molecule has 0 amide bonds. The predicted octanol–water partition coefficient (Wildman–Crippen LogP) is 4.88. The van der Waals surface area contributed by atoms with Gasteiger partial charge in [-0.2, -0.15) is 0 Å². The number of hydrogen-bond donors (Lipinski definition) is 0. The van der Waals surface area contributed by atoms with Crippen LogP contribution < -0.4 is 9.26 Å². The van der Waals surface area contributed by atoms with E-state index in [0.29, 0.717) is 18.5 Å². The van der Waals surface area contributed by atoms with E-state index in [1.54, 1.807) is 31.4 Å². The maximum absolute atomic E-state index is 12.7. The summed E-state index contributed by atoms with van der Waals surface area (Å²) in [6.45, 7) is 4.61. The summed E-state index contributed by atoms with van der Waals surface area (Å²) < 4.78 is 28.9. The van der Waals surface area contributed by atoms with Gasteiger partial charge in [0.1, 0.15) is 11.5 Å². The molecule has 1 aromatic carbocycles. The maximum Gasteiger partial charge on any atom is 0.379 e. The van der Waals surface area contributed by atoms with E-state index in [4.69, 9.17) is 13.8 Å². The fourth-order valence-corrected chi connectivity index (χ4v) is 3.46. The van der Waals surface area contributed by atoms with Crippen molar-refractivity contribution in [2.45, 2.75) is 39.5 Å². The van der Waals surface area contributed by atoms with E-state index in [0.717, 1.165) is 31.4 Å². The first-order valence-corrected chi connectivity index (χ1v) is 8.93. The van der Waals surface area contributed by atoms with Crippen LogP contribution in [0.4, 0.5) is 0 Å². The van der Waals surface area contributed by atoms with Crippen molar-refractivity contribution in [3.8, 4) is 11.5 Å². The van der Waals surface area contributed by atoms with Gasteiger partial charge in [-0.25, -0.2) is 4.57 Å². The second-order valence-electron chi connectivity index (χ2n) is 4.64. The van der Waals surface area contributed by atoms with Gasteiger partial charge in [0.15, 0.2) is 0 Å². The normalized spacial score (nSPS) is 13.8. The van der Waals surface area contributed by atoms with E-state index < -0.39 is 7.60 Å². The van der Waals surface area contributed by atoms with Crippen LogP contribution >= 0.6 is 7.60 Å². The molecule has 1 atom stereocenters. The van der Waals surface area contributed by atoms with Crippen molar-refractivity contribution in [2.24, 2.45) is 0 Å². The lowest BCUT2D eigenvalue weighted by molar-refractivity contribution is 0.259. The van der Waals surface area contributed by atoms with Crippen LogP contribution in [0.3, 0.4) is 0 Å². The van der Waals surface area contributed by atoms with E-state index >= 15 is 0 Å². The Morgan fingerprint density at radius 1 is 1.00 bits per heavy atom. The molecule has 1 rings (SSSR count). The summed E-state index contributed by atoms with van der Waals surface area (Å²) >= 11 is 0. The molecule has 0 aliphatic rings. The Hall–Kier alpha value is -0.990. The SMILES string of the molecule is CCCCOP(=O)(CCCC)Oc1ccc(OC)cc1. The highest BCUT2D eigenvalue weighted by atomic mass is 31.2. The molecule has 0 heterocycles. The largest absolute Gasteiger partial charge is 0.497 e. The zero-order chi connectivity index (χ0) is 14.8. The van der Waals surface area contributed by atoms with Gasteiger partial charge in [0, 0.05) is 0 Å². The smallest absolute Gasteiger partial charge is 0.379 e. The van der Waals surface area contributed by atoms with Crippen LogP contribution in [0.25, 0.3) is 0 Å². The van der Waals surface area contributed by atoms with Gasteiger partial charge in [0.25, 0.3) is 0 Å². The zero-order valence-electron chi connectivity index (χ0n) is 12.6. The number of hydrogen-bond acceptors (Lipinski definition) is 4. The molecular formula is C15H25O4P. The Labute approximate surface area is 122 Å². The third-order valence-electron chi connectivity index (χ3n) is 2.88. The quantitative estimate of drug-likeness (QED) is 0.456. The average molecular weight is 300 g/mol. The summed E-state index contributed by atoms with van der Waals surface area (Å²) in [7, 11) is -1.44. The van der Waals surface area contributed by atoms with Gasteiger partial charge in [-0.3, -0.25) is 4.52 Å².